The third-order valence-electron chi connectivity index (χ3n) is 2.72. The third kappa shape index (κ3) is 4.48. The van der Waals surface area contributed by atoms with Gasteiger partial charge in [-0.1, -0.05) is 29.8 Å². The fourth-order valence-corrected chi connectivity index (χ4v) is 1.86. The maximum absolute atomic E-state index is 11.6. The van der Waals surface area contributed by atoms with E-state index in [9.17, 15) is 9.90 Å². The number of anilines is 1. The molecule has 20 heavy (non-hydrogen) atoms. The highest BCUT2D eigenvalue weighted by molar-refractivity contribution is 6.30. The highest BCUT2D eigenvalue weighted by Crippen LogP contribution is 2.15. The van der Waals surface area contributed by atoms with E-state index < -0.39 is 0 Å². The molecule has 0 aliphatic carbocycles. The zero-order valence-electron chi connectivity index (χ0n) is 10.8. The lowest BCUT2D eigenvalue weighted by Crippen LogP contribution is -2.30. The number of urea groups is 1. The second-order valence-corrected chi connectivity index (χ2v) is 4.74. The van der Waals surface area contributed by atoms with Crippen molar-refractivity contribution in [3.8, 4) is 5.75 Å². The van der Waals surface area contributed by atoms with Gasteiger partial charge in [0.05, 0.1) is 0 Å². The van der Waals surface area contributed by atoms with Crippen molar-refractivity contribution in [2.24, 2.45) is 0 Å². The van der Waals surface area contributed by atoms with Crippen LogP contribution in [0.15, 0.2) is 48.5 Å². The summed E-state index contributed by atoms with van der Waals surface area (Å²) >= 11 is 5.80. The van der Waals surface area contributed by atoms with E-state index in [2.05, 4.69) is 10.6 Å². The van der Waals surface area contributed by atoms with E-state index in [1.807, 2.05) is 24.3 Å². The topological polar surface area (TPSA) is 61.4 Å². The summed E-state index contributed by atoms with van der Waals surface area (Å²) in [7, 11) is 0. The molecule has 0 aromatic heterocycles. The second-order valence-electron chi connectivity index (χ2n) is 4.31. The molecule has 2 rings (SSSR count). The minimum absolute atomic E-state index is 0.115. The molecular weight excluding hydrogens is 276 g/mol. The summed E-state index contributed by atoms with van der Waals surface area (Å²) in [6, 6.07) is 13.6. The lowest BCUT2D eigenvalue weighted by molar-refractivity contribution is 0.252. The van der Waals surface area contributed by atoms with Gasteiger partial charge < -0.3 is 15.7 Å². The molecule has 0 saturated carbocycles. The normalized spacial score (nSPS) is 10.1. The van der Waals surface area contributed by atoms with Crippen LogP contribution < -0.4 is 10.6 Å². The number of nitrogens with one attached hydrogen (secondary N) is 2. The number of carbonyl (C=O) groups excluding carboxylic acids is 1. The minimum Gasteiger partial charge on any atom is -0.508 e. The molecule has 0 aliphatic heterocycles. The first kappa shape index (κ1) is 14.2. The zero-order valence-corrected chi connectivity index (χ0v) is 11.5. The maximum Gasteiger partial charge on any atom is 0.319 e. The van der Waals surface area contributed by atoms with Gasteiger partial charge in [-0.05, 0) is 36.2 Å². The average molecular weight is 291 g/mol. The van der Waals surface area contributed by atoms with E-state index >= 15 is 0 Å². The predicted octanol–water partition coefficient (Wildman–Crippen LogP) is 3.41. The standard InChI is InChI=1S/C15H15ClN2O2/c16-12-6-4-11(5-7-12)8-9-17-15(20)18-13-2-1-3-14(19)10-13/h1-7,10,19H,8-9H2,(H2,17,18,20). The smallest absolute Gasteiger partial charge is 0.319 e. The number of rotatable bonds is 4. The van der Waals surface area contributed by atoms with E-state index in [1.54, 1.807) is 18.2 Å². The molecule has 0 unspecified atom stereocenters. The van der Waals surface area contributed by atoms with Crippen LogP contribution in [0.4, 0.5) is 10.5 Å². The van der Waals surface area contributed by atoms with Crippen molar-refractivity contribution in [3.05, 3.63) is 59.1 Å². The van der Waals surface area contributed by atoms with Gasteiger partial charge in [-0.15, -0.1) is 0 Å². The fourth-order valence-electron chi connectivity index (χ4n) is 1.73. The lowest BCUT2D eigenvalue weighted by atomic mass is 10.1. The first-order valence-corrected chi connectivity index (χ1v) is 6.59. The van der Waals surface area contributed by atoms with E-state index in [4.69, 9.17) is 11.6 Å². The molecular formula is C15H15ClN2O2. The molecule has 3 N–H and O–H groups in total. The van der Waals surface area contributed by atoms with Crippen LogP contribution in [0.2, 0.25) is 5.02 Å². The van der Waals surface area contributed by atoms with Crippen LogP contribution in [-0.2, 0) is 6.42 Å². The summed E-state index contributed by atoms with van der Waals surface area (Å²) in [6.45, 7) is 0.520. The number of hydrogen-bond acceptors (Lipinski definition) is 2. The Labute approximate surface area is 122 Å². The molecule has 104 valence electrons. The maximum atomic E-state index is 11.6. The Bertz CT molecular complexity index is 585. The lowest BCUT2D eigenvalue weighted by Gasteiger charge is -2.08. The van der Waals surface area contributed by atoms with Gasteiger partial charge in [0.1, 0.15) is 5.75 Å². The van der Waals surface area contributed by atoms with Crippen molar-refractivity contribution in [2.75, 3.05) is 11.9 Å². The molecule has 0 saturated heterocycles. The zero-order chi connectivity index (χ0) is 14.4. The van der Waals surface area contributed by atoms with Crippen molar-refractivity contribution in [3.63, 3.8) is 0 Å². The molecule has 0 bridgehead atoms. The van der Waals surface area contributed by atoms with E-state index in [0.717, 1.165) is 12.0 Å². The van der Waals surface area contributed by atoms with Gasteiger partial charge in [0.25, 0.3) is 0 Å². The van der Waals surface area contributed by atoms with Crippen molar-refractivity contribution in [2.45, 2.75) is 6.42 Å². The SMILES string of the molecule is O=C(NCCc1ccc(Cl)cc1)Nc1cccc(O)c1. The number of phenols is 1. The van der Waals surface area contributed by atoms with Crippen LogP contribution in [0.25, 0.3) is 0 Å². The molecule has 5 heteroatoms. The molecule has 0 fully saturated rings. The Balaban J connectivity index is 1.76. The molecule has 0 aliphatic rings. The Morgan fingerprint density at radius 2 is 1.90 bits per heavy atom. The molecule has 2 amide bonds. The van der Waals surface area contributed by atoms with Gasteiger partial charge in [0, 0.05) is 23.3 Å². The van der Waals surface area contributed by atoms with Gasteiger partial charge in [-0.25, -0.2) is 4.79 Å². The number of halogens is 1. The van der Waals surface area contributed by atoms with Crippen molar-refractivity contribution in [1.82, 2.24) is 5.32 Å². The number of phenolic OH excluding ortho intramolecular Hbond substituents is 1. The van der Waals surface area contributed by atoms with Crippen molar-refractivity contribution in [1.29, 1.82) is 0 Å². The number of carbonyl (C=O) groups is 1. The van der Waals surface area contributed by atoms with Crippen LogP contribution in [-0.4, -0.2) is 17.7 Å². The van der Waals surface area contributed by atoms with Gasteiger partial charge >= 0.3 is 6.03 Å². The molecule has 2 aromatic carbocycles. The fraction of sp³-hybridized carbons (Fsp3) is 0.133. The molecule has 4 nitrogen and oxygen atoms in total. The van der Waals surface area contributed by atoms with Gasteiger partial charge in [0.15, 0.2) is 0 Å². The van der Waals surface area contributed by atoms with Crippen LogP contribution >= 0.6 is 11.6 Å². The summed E-state index contributed by atoms with van der Waals surface area (Å²) in [5.41, 5.74) is 1.65. The summed E-state index contributed by atoms with van der Waals surface area (Å²) < 4.78 is 0. The quantitative estimate of drug-likeness (QED) is 0.808. The van der Waals surface area contributed by atoms with E-state index in [-0.39, 0.29) is 11.8 Å². The van der Waals surface area contributed by atoms with Crippen LogP contribution in [0, 0.1) is 0 Å². The van der Waals surface area contributed by atoms with Crippen LogP contribution in [0.3, 0.4) is 0 Å². The van der Waals surface area contributed by atoms with Gasteiger partial charge in [-0.3, -0.25) is 0 Å². The van der Waals surface area contributed by atoms with Crippen molar-refractivity contribution >= 4 is 23.3 Å². The number of amides is 2. The van der Waals surface area contributed by atoms with E-state index in [1.165, 1.54) is 6.07 Å². The van der Waals surface area contributed by atoms with Crippen molar-refractivity contribution < 1.29 is 9.90 Å². The number of aromatic hydroxyl groups is 1. The second kappa shape index (κ2) is 6.82. The van der Waals surface area contributed by atoms with Gasteiger partial charge in [0.2, 0.25) is 0 Å². The van der Waals surface area contributed by atoms with Crippen LogP contribution in [0.5, 0.6) is 5.75 Å². The highest BCUT2D eigenvalue weighted by Gasteiger charge is 2.02. The van der Waals surface area contributed by atoms with Crippen LogP contribution in [0.1, 0.15) is 5.56 Å². The third-order valence-corrected chi connectivity index (χ3v) is 2.97. The average Bonchev–Trinajstić information content (AvgIpc) is 2.41. The Morgan fingerprint density at radius 3 is 2.60 bits per heavy atom. The molecule has 2 aromatic rings. The Kier molecular flexibility index (Phi) is 4.85. The largest absolute Gasteiger partial charge is 0.508 e. The van der Waals surface area contributed by atoms with Gasteiger partial charge in [-0.2, -0.15) is 0 Å². The predicted molar refractivity (Wildman–Crippen MR) is 80.3 cm³/mol. The highest BCUT2D eigenvalue weighted by atomic mass is 35.5. The monoisotopic (exact) mass is 290 g/mol. The summed E-state index contributed by atoms with van der Waals surface area (Å²) in [5.74, 6) is 0.115. The Hall–Kier alpha value is -2.20. The number of hydrogen-bond donors (Lipinski definition) is 3. The molecule has 0 heterocycles. The first-order chi connectivity index (χ1) is 9.63. The first-order valence-electron chi connectivity index (χ1n) is 6.22. The molecule has 0 atom stereocenters. The summed E-state index contributed by atoms with van der Waals surface area (Å²) in [5, 5.41) is 15.4. The summed E-state index contributed by atoms with van der Waals surface area (Å²) in [6.07, 6.45) is 0.727. The molecule has 0 radical (unpaired) electrons. The molecule has 0 spiro atoms. The van der Waals surface area contributed by atoms with E-state index in [0.29, 0.717) is 17.3 Å². The Morgan fingerprint density at radius 1 is 1.15 bits per heavy atom. The summed E-state index contributed by atoms with van der Waals surface area (Å²) in [4.78, 5) is 11.6. The minimum atomic E-state index is -0.301. The number of benzene rings is 2.